The van der Waals surface area contributed by atoms with E-state index >= 15 is 0 Å². The predicted octanol–water partition coefficient (Wildman–Crippen LogP) is 4.13. The molecule has 0 unspecified atom stereocenters. The Hall–Kier alpha value is -2.55. The molecule has 21 heavy (non-hydrogen) atoms. The van der Waals surface area contributed by atoms with Crippen molar-refractivity contribution >= 4 is 21.9 Å². The van der Waals surface area contributed by atoms with Crippen molar-refractivity contribution < 1.29 is 9.15 Å². The van der Waals surface area contributed by atoms with Crippen LogP contribution in [0, 0.1) is 13.8 Å². The predicted molar refractivity (Wildman–Crippen MR) is 85.2 cm³/mol. The molecule has 0 amide bonds. The second-order valence-corrected chi connectivity index (χ2v) is 5.17. The minimum absolute atomic E-state index is 0.0645. The van der Waals surface area contributed by atoms with Gasteiger partial charge in [0.15, 0.2) is 0 Å². The Morgan fingerprint density at radius 3 is 2.67 bits per heavy atom. The fraction of sp³-hybridized carbons (Fsp3) is 0.167. The van der Waals surface area contributed by atoms with E-state index in [1.165, 1.54) is 0 Å². The zero-order chi connectivity index (χ0) is 15.0. The summed E-state index contributed by atoms with van der Waals surface area (Å²) in [5.41, 5.74) is 3.13. The van der Waals surface area contributed by atoms with E-state index in [0.29, 0.717) is 34.3 Å². The third-order valence-corrected chi connectivity index (χ3v) is 3.40. The van der Waals surface area contributed by atoms with Gasteiger partial charge >= 0.3 is 0 Å². The molecule has 2 aromatic carbocycles. The highest BCUT2D eigenvalue weighted by molar-refractivity contribution is 5.93. The van der Waals surface area contributed by atoms with Crippen molar-refractivity contribution in [2.24, 2.45) is 0 Å². The molecule has 0 N–H and O–H groups in total. The molecule has 0 radical (unpaired) electrons. The van der Waals surface area contributed by atoms with Crippen molar-refractivity contribution in [1.82, 2.24) is 0 Å². The highest BCUT2D eigenvalue weighted by Crippen LogP contribution is 2.28. The van der Waals surface area contributed by atoms with Crippen molar-refractivity contribution in [3.05, 3.63) is 64.3 Å². The third-order valence-electron chi connectivity index (χ3n) is 3.40. The molecular weight excluding hydrogens is 264 g/mol. The summed E-state index contributed by atoms with van der Waals surface area (Å²) in [7, 11) is 0. The Balaban J connectivity index is 2.41. The number of hydrogen-bond donors (Lipinski definition) is 0. The van der Waals surface area contributed by atoms with Crippen LogP contribution in [0.15, 0.2) is 52.2 Å². The van der Waals surface area contributed by atoms with E-state index in [1.807, 2.05) is 38.1 Å². The fourth-order valence-corrected chi connectivity index (χ4v) is 2.44. The van der Waals surface area contributed by atoms with Crippen LogP contribution >= 0.6 is 0 Å². The molecule has 0 aliphatic rings. The molecule has 0 saturated carbocycles. The largest absolute Gasteiger partial charge is 0.489 e. The Morgan fingerprint density at radius 2 is 1.90 bits per heavy atom. The number of hydrogen-bond acceptors (Lipinski definition) is 3. The second-order valence-electron chi connectivity index (χ2n) is 5.17. The molecule has 0 fully saturated rings. The van der Waals surface area contributed by atoms with E-state index in [0.717, 1.165) is 11.1 Å². The SMILES string of the molecule is C=CCOc1cc(C)cc2oc3cc(C)ccc3c(=O)c12. The standard InChI is InChI=1S/C18H16O3/c1-4-7-20-15-9-12(3)10-16-17(15)18(19)13-6-5-11(2)8-14(13)21-16/h4-6,8-10H,1,7H2,2-3H3. The summed E-state index contributed by atoms with van der Waals surface area (Å²) in [5, 5.41) is 1.05. The number of rotatable bonds is 3. The number of fused-ring (bicyclic) bond motifs is 2. The molecule has 0 bridgehead atoms. The van der Waals surface area contributed by atoms with Gasteiger partial charge in [0, 0.05) is 0 Å². The van der Waals surface area contributed by atoms with E-state index in [1.54, 1.807) is 12.1 Å². The first kappa shape index (κ1) is 13.4. The zero-order valence-electron chi connectivity index (χ0n) is 12.1. The van der Waals surface area contributed by atoms with Crippen LogP contribution in [0.1, 0.15) is 11.1 Å². The van der Waals surface area contributed by atoms with E-state index in [9.17, 15) is 4.79 Å². The van der Waals surface area contributed by atoms with E-state index < -0.39 is 0 Å². The lowest BCUT2D eigenvalue weighted by Gasteiger charge is -2.09. The number of ether oxygens (including phenoxy) is 1. The van der Waals surface area contributed by atoms with Crippen molar-refractivity contribution in [2.75, 3.05) is 6.61 Å². The first-order valence-corrected chi connectivity index (χ1v) is 6.81. The van der Waals surface area contributed by atoms with Crippen LogP contribution in [0.4, 0.5) is 0 Å². The van der Waals surface area contributed by atoms with Gasteiger partial charge < -0.3 is 9.15 Å². The summed E-state index contributed by atoms with van der Waals surface area (Å²) < 4.78 is 11.5. The molecule has 1 heterocycles. The maximum Gasteiger partial charge on any atom is 0.204 e. The van der Waals surface area contributed by atoms with Crippen LogP contribution < -0.4 is 10.2 Å². The van der Waals surface area contributed by atoms with Gasteiger partial charge in [0.25, 0.3) is 0 Å². The van der Waals surface area contributed by atoms with Gasteiger partial charge in [-0.25, -0.2) is 0 Å². The Morgan fingerprint density at radius 1 is 1.14 bits per heavy atom. The van der Waals surface area contributed by atoms with Crippen LogP contribution in [-0.2, 0) is 0 Å². The second kappa shape index (κ2) is 5.09. The lowest BCUT2D eigenvalue weighted by Crippen LogP contribution is -2.06. The van der Waals surface area contributed by atoms with Gasteiger partial charge in [0.1, 0.15) is 28.9 Å². The summed E-state index contributed by atoms with van der Waals surface area (Å²) in [6, 6.07) is 9.29. The molecule has 3 rings (SSSR count). The van der Waals surface area contributed by atoms with E-state index in [4.69, 9.17) is 9.15 Å². The number of aryl methyl sites for hydroxylation is 2. The molecule has 106 valence electrons. The molecule has 0 saturated heterocycles. The summed E-state index contributed by atoms with van der Waals surface area (Å²) >= 11 is 0. The molecule has 0 atom stereocenters. The van der Waals surface area contributed by atoms with E-state index in [2.05, 4.69) is 6.58 Å². The van der Waals surface area contributed by atoms with E-state index in [-0.39, 0.29) is 5.43 Å². The monoisotopic (exact) mass is 280 g/mol. The Labute approximate surface area is 122 Å². The van der Waals surface area contributed by atoms with Gasteiger partial charge in [-0.05, 0) is 49.2 Å². The molecule has 3 heteroatoms. The fourth-order valence-electron chi connectivity index (χ4n) is 2.44. The van der Waals surface area contributed by atoms with Crippen LogP contribution in [-0.4, -0.2) is 6.61 Å². The summed E-state index contributed by atoms with van der Waals surface area (Å²) in [6.45, 7) is 7.90. The first-order valence-electron chi connectivity index (χ1n) is 6.81. The van der Waals surface area contributed by atoms with Gasteiger partial charge in [0.05, 0.1) is 5.39 Å². The summed E-state index contributed by atoms with van der Waals surface area (Å²) in [6.07, 6.45) is 1.65. The summed E-state index contributed by atoms with van der Waals surface area (Å²) in [4.78, 5) is 12.7. The first-order chi connectivity index (χ1) is 10.1. The number of benzene rings is 2. The summed E-state index contributed by atoms with van der Waals surface area (Å²) in [5.74, 6) is 0.543. The molecular formula is C18H16O3. The van der Waals surface area contributed by atoms with Crippen molar-refractivity contribution in [1.29, 1.82) is 0 Å². The van der Waals surface area contributed by atoms with Gasteiger partial charge in [-0.3, -0.25) is 4.79 Å². The van der Waals surface area contributed by atoms with Crippen LogP contribution in [0.2, 0.25) is 0 Å². The van der Waals surface area contributed by atoms with Gasteiger partial charge in [-0.1, -0.05) is 18.7 Å². The Bertz CT molecular complexity index is 904. The third kappa shape index (κ3) is 2.31. The smallest absolute Gasteiger partial charge is 0.204 e. The lowest BCUT2D eigenvalue weighted by atomic mass is 10.1. The quantitative estimate of drug-likeness (QED) is 0.535. The zero-order valence-corrected chi connectivity index (χ0v) is 12.1. The minimum atomic E-state index is -0.0645. The van der Waals surface area contributed by atoms with Crippen LogP contribution in [0.25, 0.3) is 21.9 Å². The average molecular weight is 280 g/mol. The van der Waals surface area contributed by atoms with Gasteiger partial charge in [0.2, 0.25) is 5.43 Å². The van der Waals surface area contributed by atoms with Gasteiger partial charge in [-0.2, -0.15) is 0 Å². The van der Waals surface area contributed by atoms with Crippen molar-refractivity contribution in [2.45, 2.75) is 13.8 Å². The maximum absolute atomic E-state index is 12.7. The maximum atomic E-state index is 12.7. The van der Waals surface area contributed by atoms with Crippen molar-refractivity contribution in [3.8, 4) is 5.75 Å². The topological polar surface area (TPSA) is 39.4 Å². The molecule has 0 spiro atoms. The lowest BCUT2D eigenvalue weighted by molar-refractivity contribution is 0.367. The molecule has 0 aliphatic heterocycles. The molecule has 0 aliphatic carbocycles. The van der Waals surface area contributed by atoms with Crippen LogP contribution in [0.5, 0.6) is 5.75 Å². The van der Waals surface area contributed by atoms with Crippen LogP contribution in [0.3, 0.4) is 0 Å². The molecule has 3 aromatic rings. The van der Waals surface area contributed by atoms with Crippen molar-refractivity contribution in [3.63, 3.8) is 0 Å². The molecule has 3 nitrogen and oxygen atoms in total. The highest BCUT2D eigenvalue weighted by atomic mass is 16.5. The minimum Gasteiger partial charge on any atom is -0.489 e. The average Bonchev–Trinajstić information content (AvgIpc) is 2.44. The highest BCUT2D eigenvalue weighted by Gasteiger charge is 2.13. The molecule has 1 aromatic heterocycles. The normalized spacial score (nSPS) is 11.0. The Kier molecular flexibility index (Phi) is 3.26. The van der Waals surface area contributed by atoms with Gasteiger partial charge in [-0.15, -0.1) is 0 Å².